The fourth-order valence-corrected chi connectivity index (χ4v) is 5.72. The van der Waals surface area contributed by atoms with Gasteiger partial charge in [0.25, 0.3) is 5.91 Å². The highest BCUT2D eigenvalue weighted by Gasteiger charge is 2.47. The van der Waals surface area contributed by atoms with Gasteiger partial charge in [-0.2, -0.15) is 0 Å². The molecule has 0 radical (unpaired) electrons. The summed E-state index contributed by atoms with van der Waals surface area (Å²) in [4.78, 5) is 24.9. The SMILES string of the molecule is COc1cc(C(=O)N2CC3(CNCCO3)C2)cc2nc(-c3cc4cccnc4n3CC3CC3)n(C)c12. The van der Waals surface area contributed by atoms with Gasteiger partial charge in [0.1, 0.15) is 22.5 Å². The Labute approximate surface area is 209 Å². The molecule has 0 unspecified atom stereocenters. The average Bonchev–Trinajstić information content (AvgIpc) is 3.55. The zero-order chi connectivity index (χ0) is 24.4. The van der Waals surface area contributed by atoms with E-state index in [-0.39, 0.29) is 11.5 Å². The molecule has 36 heavy (non-hydrogen) atoms. The Kier molecular flexibility index (Phi) is 4.87. The van der Waals surface area contributed by atoms with Crippen molar-refractivity contribution in [3.63, 3.8) is 0 Å². The van der Waals surface area contributed by atoms with E-state index in [1.807, 2.05) is 36.3 Å². The summed E-state index contributed by atoms with van der Waals surface area (Å²) < 4.78 is 16.1. The molecule has 7 rings (SSSR count). The number of ether oxygens (including phenoxy) is 2. The van der Waals surface area contributed by atoms with Gasteiger partial charge in [-0.05, 0) is 49.1 Å². The fourth-order valence-electron chi connectivity index (χ4n) is 5.72. The number of hydrogen-bond donors (Lipinski definition) is 1. The van der Waals surface area contributed by atoms with Crippen molar-refractivity contribution in [1.82, 2.24) is 29.3 Å². The number of imidazole rings is 1. The molecule has 1 amide bonds. The van der Waals surface area contributed by atoms with Crippen molar-refractivity contribution < 1.29 is 14.3 Å². The number of benzene rings is 1. The number of fused-ring (bicyclic) bond motifs is 2. The summed E-state index contributed by atoms with van der Waals surface area (Å²) in [6.07, 6.45) is 4.36. The van der Waals surface area contributed by atoms with Crippen LogP contribution in [0.4, 0.5) is 0 Å². The van der Waals surface area contributed by atoms with Crippen LogP contribution in [0.2, 0.25) is 0 Å². The van der Waals surface area contributed by atoms with Crippen molar-refractivity contribution in [1.29, 1.82) is 0 Å². The number of morpholine rings is 1. The van der Waals surface area contributed by atoms with E-state index in [0.29, 0.717) is 36.9 Å². The topological polar surface area (TPSA) is 86.4 Å². The van der Waals surface area contributed by atoms with Crippen LogP contribution in [-0.4, -0.2) is 75.4 Å². The van der Waals surface area contributed by atoms with Crippen LogP contribution in [0.5, 0.6) is 5.75 Å². The first-order valence-corrected chi connectivity index (χ1v) is 12.7. The largest absolute Gasteiger partial charge is 0.494 e. The van der Waals surface area contributed by atoms with E-state index in [1.165, 1.54) is 12.8 Å². The van der Waals surface area contributed by atoms with Gasteiger partial charge in [-0.25, -0.2) is 9.97 Å². The van der Waals surface area contributed by atoms with Gasteiger partial charge in [0.2, 0.25) is 0 Å². The van der Waals surface area contributed by atoms with E-state index in [4.69, 9.17) is 14.5 Å². The second kappa shape index (κ2) is 8.04. The summed E-state index contributed by atoms with van der Waals surface area (Å²) in [5.74, 6) is 2.16. The molecule has 1 saturated carbocycles. The molecule has 2 aliphatic heterocycles. The summed E-state index contributed by atoms with van der Waals surface area (Å²) >= 11 is 0. The van der Waals surface area contributed by atoms with E-state index in [0.717, 1.165) is 53.2 Å². The van der Waals surface area contributed by atoms with Gasteiger partial charge in [-0.1, -0.05) is 0 Å². The Balaban J connectivity index is 1.28. The lowest BCUT2D eigenvalue weighted by Gasteiger charge is -2.51. The van der Waals surface area contributed by atoms with E-state index >= 15 is 0 Å². The molecule has 5 heterocycles. The van der Waals surface area contributed by atoms with Crippen molar-refractivity contribution in [2.75, 3.05) is 39.9 Å². The summed E-state index contributed by atoms with van der Waals surface area (Å²) in [5, 5.41) is 4.48. The van der Waals surface area contributed by atoms with Crippen molar-refractivity contribution in [3.8, 4) is 17.3 Å². The van der Waals surface area contributed by atoms with Crippen LogP contribution in [0.15, 0.2) is 36.5 Å². The molecule has 9 heteroatoms. The number of amides is 1. The molecular weight excluding hydrogens is 456 g/mol. The highest BCUT2D eigenvalue weighted by molar-refractivity contribution is 6.00. The predicted octanol–water partition coefficient (Wildman–Crippen LogP) is 2.82. The third-order valence-electron chi connectivity index (χ3n) is 7.80. The maximum atomic E-state index is 13.4. The third-order valence-corrected chi connectivity index (χ3v) is 7.80. The Bertz CT molecular complexity index is 1490. The number of aromatic nitrogens is 4. The fraction of sp³-hybridized carbons (Fsp3) is 0.444. The Morgan fingerprint density at radius 1 is 1.28 bits per heavy atom. The molecular formula is C27H30N6O3. The molecule has 1 aliphatic carbocycles. The van der Waals surface area contributed by atoms with E-state index in [2.05, 4.69) is 31.6 Å². The molecule has 3 fully saturated rings. The van der Waals surface area contributed by atoms with Gasteiger partial charge >= 0.3 is 0 Å². The number of methoxy groups -OCH3 is 1. The van der Waals surface area contributed by atoms with Crippen LogP contribution in [-0.2, 0) is 18.3 Å². The maximum absolute atomic E-state index is 13.4. The van der Waals surface area contributed by atoms with Gasteiger partial charge in [0, 0.05) is 43.8 Å². The van der Waals surface area contributed by atoms with Crippen molar-refractivity contribution in [2.45, 2.75) is 25.0 Å². The number of nitrogens with zero attached hydrogens (tertiary/aromatic N) is 5. The Hall–Kier alpha value is -3.43. The van der Waals surface area contributed by atoms with Crippen molar-refractivity contribution >= 4 is 28.0 Å². The van der Waals surface area contributed by atoms with E-state index in [1.54, 1.807) is 7.11 Å². The lowest BCUT2D eigenvalue weighted by atomic mass is 9.91. The van der Waals surface area contributed by atoms with Crippen LogP contribution in [0.1, 0.15) is 23.2 Å². The minimum absolute atomic E-state index is 0.0192. The maximum Gasteiger partial charge on any atom is 0.254 e. The third kappa shape index (κ3) is 3.41. The van der Waals surface area contributed by atoms with Gasteiger partial charge in [-0.3, -0.25) is 4.79 Å². The minimum atomic E-state index is -0.247. The molecule has 186 valence electrons. The molecule has 9 nitrogen and oxygen atoms in total. The molecule has 3 aromatic heterocycles. The first-order valence-electron chi connectivity index (χ1n) is 12.7. The standard InChI is InChI=1S/C27H30N6O3/c1-31-23-20(30-25(31)21-11-18-4-3-7-29-24(18)33(21)13-17-5-6-17)10-19(12-22(23)35-2)26(34)32-15-27(16-32)14-28-8-9-36-27/h3-4,7,10-12,17,28H,5-6,8-9,13-16H2,1-2H3. The summed E-state index contributed by atoms with van der Waals surface area (Å²) in [6.45, 7) is 4.47. The number of pyridine rings is 1. The Morgan fingerprint density at radius 2 is 2.14 bits per heavy atom. The second-order valence-electron chi connectivity index (χ2n) is 10.4. The van der Waals surface area contributed by atoms with Crippen LogP contribution in [0.25, 0.3) is 33.6 Å². The second-order valence-corrected chi connectivity index (χ2v) is 10.4. The first kappa shape index (κ1) is 21.8. The number of rotatable bonds is 5. The molecule has 3 aliphatic rings. The van der Waals surface area contributed by atoms with Crippen LogP contribution >= 0.6 is 0 Å². The lowest BCUT2D eigenvalue weighted by Crippen LogP contribution is -2.70. The van der Waals surface area contributed by atoms with E-state index < -0.39 is 0 Å². The number of hydrogen-bond acceptors (Lipinski definition) is 6. The van der Waals surface area contributed by atoms with Crippen LogP contribution in [0, 0.1) is 5.92 Å². The summed E-state index contributed by atoms with van der Waals surface area (Å²) in [7, 11) is 3.65. The van der Waals surface area contributed by atoms with Crippen molar-refractivity contribution in [2.24, 2.45) is 13.0 Å². The number of likely N-dealkylation sites (tertiary alicyclic amines) is 1. The molecule has 0 atom stereocenters. The smallest absolute Gasteiger partial charge is 0.254 e. The predicted molar refractivity (Wildman–Crippen MR) is 136 cm³/mol. The van der Waals surface area contributed by atoms with Gasteiger partial charge in [0.05, 0.1) is 38.0 Å². The van der Waals surface area contributed by atoms with Crippen LogP contribution < -0.4 is 10.1 Å². The molecule has 1 N–H and O–H groups in total. The number of carbonyl (C=O) groups is 1. The van der Waals surface area contributed by atoms with E-state index in [9.17, 15) is 4.79 Å². The molecule has 1 aromatic carbocycles. The van der Waals surface area contributed by atoms with Gasteiger partial charge in [-0.15, -0.1) is 0 Å². The zero-order valence-electron chi connectivity index (χ0n) is 20.7. The van der Waals surface area contributed by atoms with Gasteiger partial charge < -0.3 is 28.8 Å². The summed E-state index contributed by atoms with van der Waals surface area (Å²) in [6, 6.07) is 9.96. The summed E-state index contributed by atoms with van der Waals surface area (Å²) in [5.41, 5.74) is 3.99. The highest BCUT2D eigenvalue weighted by atomic mass is 16.5. The molecule has 4 aromatic rings. The number of carbonyl (C=O) groups excluding carboxylic acids is 1. The molecule has 0 bridgehead atoms. The average molecular weight is 487 g/mol. The highest BCUT2D eigenvalue weighted by Crippen LogP contribution is 2.38. The van der Waals surface area contributed by atoms with Gasteiger partial charge in [0.15, 0.2) is 5.82 Å². The monoisotopic (exact) mass is 486 g/mol. The minimum Gasteiger partial charge on any atom is -0.494 e. The van der Waals surface area contributed by atoms with Crippen molar-refractivity contribution in [3.05, 3.63) is 42.1 Å². The number of aryl methyl sites for hydroxylation is 1. The normalized spacial score (nSPS) is 19.2. The molecule has 1 spiro atoms. The number of nitrogens with one attached hydrogen (secondary N) is 1. The molecule has 2 saturated heterocycles. The first-order chi connectivity index (χ1) is 17.5. The zero-order valence-corrected chi connectivity index (χ0v) is 20.7. The van der Waals surface area contributed by atoms with Crippen LogP contribution in [0.3, 0.4) is 0 Å². The lowest BCUT2D eigenvalue weighted by molar-refractivity contribution is -0.142. The quantitative estimate of drug-likeness (QED) is 0.467. The Morgan fingerprint density at radius 3 is 2.89 bits per heavy atom.